The quantitative estimate of drug-likeness (QED) is 0.809. The maximum Gasteiger partial charge on any atom is 0.123 e. The first-order valence-electron chi connectivity index (χ1n) is 5.47. The van der Waals surface area contributed by atoms with Gasteiger partial charge in [0.2, 0.25) is 0 Å². The van der Waals surface area contributed by atoms with E-state index in [4.69, 9.17) is 4.74 Å². The zero-order valence-corrected chi connectivity index (χ0v) is 9.59. The van der Waals surface area contributed by atoms with E-state index in [2.05, 4.69) is 10.6 Å². The first-order chi connectivity index (χ1) is 7.76. The molecule has 3 nitrogen and oxygen atoms in total. The number of halogens is 1. The minimum atomic E-state index is -0.219. The number of methoxy groups -OCH3 is 1. The number of rotatable bonds is 4. The Morgan fingerprint density at radius 3 is 2.75 bits per heavy atom. The minimum Gasteiger partial charge on any atom is -0.496 e. The minimum absolute atomic E-state index is 0.145. The molecular formula is C12H17FN2O. The van der Waals surface area contributed by atoms with Gasteiger partial charge < -0.3 is 15.4 Å². The van der Waals surface area contributed by atoms with E-state index in [1.54, 1.807) is 19.2 Å². The van der Waals surface area contributed by atoms with Crippen molar-refractivity contribution >= 4 is 0 Å². The first-order valence-corrected chi connectivity index (χ1v) is 5.47. The molecule has 1 atom stereocenters. The van der Waals surface area contributed by atoms with Crippen LogP contribution in [0, 0.1) is 11.7 Å². The molecule has 88 valence electrons. The molecule has 0 aliphatic carbocycles. The molecule has 1 aliphatic rings. The zero-order valence-electron chi connectivity index (χ0n) is 9.59. The molecule has 1 saturated heterocycles. The van der Waals surface area contributed by atoms with Crippen LogP contribution < -0.4 is 15.4 Å². The van der Waals surface area contributed by atoms with Gasteiger partial charge in [0, 0.05) is 30.6 Å². The molecule has 16 heavy (non-hydrogen) atoms. The van der Waals surface area contributed by atoms with Crippen LogP contribution in [-0.2, 0) is 0 Å². The molecule has 0 amide bonds. The van der Waals surface area contributed by atoms with E-state index in [1.807, 2.05) is 7.05 Å². The lowest BCUT2D eigenvalue weighted by molar-refractivity contribution is 0.261. The molecule has 1 fully saturated rings. The Morgan fingerprint density at radius 1 is 1.50 bits per heavy atom. The van der Waals surface area contributed by atoms with Crippen LogP contribution in [0.15, 0.2) is 18.2 Å². The zero-order chi connectivity index (χ0) is 11.5. The molecule has 0 bridgehead atoms. The predicted octanol–water partition coefficient (Wildman–Crippen LogP) is 1.31. The van der Waals surface area contributed by atoms with Crippen LogP contribution in [0.2, 0.25) is 0 Å². The SMILES string of the molecule is CNC(c1cc(F)ccc1OC)C1CNC1. The van der Waals surface area contributed by atoms with Crippen molar-refractivity contribution in [2.24, 2.45) is 5.92 Å². The smallest absolute Gasteiger partial charge is 0.123 e. The molecule has 0 aromatic heterocycles. The largest absolute Gasteiger partial charge is 0.496 e. The summed E-state index contributed by atoms with van der Waals surface area (Å²) in [5, 5.41) is 6.46. The summed E-state index contributed by atoms with van der Waals surface area (Å²) in [6, 6.07) is 4.81. The maximum atomic E-state index is 13.3. The number of ether oxygens (including phenoxy) is 1. The van der Waals surface area contributed by atoms with Crippen molar-refractivity contribution in [1.29, 1.82) is 0 Å². The molecule has 0 radical (unpaired) electrons. The molecule has 1 unspecified atom stereocenters. The van der Waals surface area contributed by atoms with Crippen LogP contribution in [0.3, 0.4) is 0 Å². The Bertz CT molecular complexity index is 366. The molecule has 2 rings (SSSR count). The Morgan fingerprint density at radius 2 is 2.25 bits per heavy atom. The van der Waals surface area contributed by atoms with Crippen molar-refractivity contribution in [2.75, 3.05) is 27.2 Å². The van der Waals surface area contributed by atoms with Crippen molar-refractivity contribution in [3.63, 3.8) is 0 Å². The lowest BCUT2D eigenvalue weighted by atomic mass is 9.88. The van der Waals surface area contributed by atoms with Crippen LogP contribution in [0.5, 0.6) is 5.75 Å². The second-order valence-electron chi connectivity index (χ2n) is 4.07. The second kappa shape index (κ2) is 4.80. The highest BCUT2D eigenvalue weighted by Crippen LogP contribution is 2.32. The van der Waals surface area contributed by atoms with Gasteiger partial charge in [0.05, 0.1) is 7.11 Å². The van der Waals surface area contributed by atoms with Gasteiger partial charge in [-0.15, -0.1) is 0 Å². The van der Waals surface area contributed by atoms with Gasteiger partial charge in [0.1, 0.15) is 11.6 Å². The predicted molar refractivity (Wildman–Crippen MR) is 61.1 cm³/mol. The summed E-state index contributed by atoms with van der Waals surface area (Å²) in [6.07, 6.45) is 0. The molecule has 1 aliphatic heterocycles. The number of hydrogen-bond donors (Lipinski definition) is 2. The summed E-state index contributed by atoms with van der Waals surface area (Å²) < 4.78 is 18.5. The number of benzene rings is 1. The van der Waals surface area contributed by atoms with Crippen molar-refractivity contribution < 1.29 is 9.13 Å². The fourth-order valence-electron chi connectivity index (χ4n) is 2.14. The second-order valence-corrected chi connectivity index (χ2v) is 4.07. The summed E-state index contributed by atoms with van der Waals surface area (Å²) >= 11 is 0. The lowest BCUT2D eigenvalue weighted by Gasteiger charge is -2.35. The van der Waals surface area contributed by atoms with Gasteiger partial charge in [-0.05, 0) is 25.2 Å². The molecule has 4 heteroatoms. The van der Waals surface area contributed by atoms with E-state index < -0.39 is 0 Å². The summed E-state index contributed by atoms with van der Waals surface area (Å²) in [5.74, 6) is 1.02. The Labute approximate surface area is 95.0 Å². The molecule has 0 saturated carbocycles. The van der Waals surface area contributed by atoms with Crippen molar-refractivity contribution in [2.45, 2.75) is 6.04 Å². The third kappa shape index (κ3) is 2.03. The summed E-state index contributed by atoms with van der Waals surface area (Å²) in [5.41, 5.74) is 0.900. The normalized spacial score (nSPS) is 17.9. The van der Waals surface area contributed by atoms with Crippen LogP contribution in [0.25, 0.3) is 0 Å². The molecule has 2 N–H and O–H groups in total. The number of nitrogens with one attached hydrogen (secondary N) is 2. The van der Waals surface area contributed by atoms with E-state index in [0.29, 0.717) is 5.92 Å². The van der Waals surface area contributed by atoms with E-state index >= 15 is 0 Å². The van der Waals surface area contributed by atoms with Crippen LogP contribution in [0.1, 0.15) is 11.6 Å². The average Bonchev–Trinajstić information content (AvgIpc) is 2.23. The third-order valence-corrected chi connectivity index (χ3v) is 3.12. The fourth-order valence-corrected chi connectivity index (χ4v) is 2.14. The van der Waals surface area contributed by atoms with Crippen molar-refractivity contribution in [1.82, 2.24) is 10.6 Å². The lowest BCUT2D eigenvalue weighted by Crippen LogP contribution is -2.48. The van der Waals surface area contributed by atoms with Gasteiger partial charge in [-0.1, -0.05) is 0 Å². The molecule has 0 spiro atoms. The standard InChI is InChI=1S/C12H17FN2O/c1-14-12(8-6-15-7-8)10-5-9(13)3-4-11(10)16-2/h3-5,8,12,14-15H,6-7H2,1-2H3. The summed E-state index contributed by atoms with van der Waals surface area (Å²) in [7, 11) is 3.51. The average molecular weight is 224 g/mol. The van der Waals surface area contributed by atoms with E-state index in [1.165, 1.54) is 6.07 Å². The van der Waals surface area contributed by atoms with Crippen LogP contribution in [-0.4, -0.2) is 27.2 Å². The van der Waals surface area contributed by atoms with Crippen LogP contribution in [0.4, 0.5) is 4.39 Å². The molecule has 1 heterocycles. The molecule has 1 aromatic carbocycles. The van der Waals surface area contributed by atoms with E-state index in [0.717, 1.165) is 24.4 Å². The first kappa shape index (κ1) is 11.4. The van der Waals surface area contributed by atoms with Gasteiger partial charge in [-0.2, -0.15) is 0 Å². The van der Waals surface area contributed by atoms with Crippen LogP contribution >= 0.6 is 0 Å². The highest BCUT2D eigenvalue weighted by Gasteiger charge is 2.29. The van der Waals surface area contributed by atoms with Gasteiger partial charge >= 0.3 is 0 Å². The Balaban J connectivity index is 2.31. The third-order valence-electron chi connectivity index (χ3n) is 3.12. The highest BCUT2D eigenvalue weighted by molar-refractivity contribution is 5.37. The van der Waals surface area contributed by atoms with Gasteiger partial charge in [-0.25, -0.2) is 4.39 Å². The molecular weight excluding hydrogens is 207 g/mol. The van der Waals surface area contributed by atoms with E-state index in [-0.39, 0.29) is 11.9 Å². The topological polar surface area (TPSA) is 33.3 Å². The summed E-state index contributed by atoms with van der Waals surface area (Å²) in [6.45, 7) is 1.93. The van der Waals surface area contributed by atoms with Gasteiger partial charge in [0.25, 0.3) is 0 Å². The summed E-state index contributed by atoms with van der Waals surface area (Å²) in [4.78, 5) is 0. The monoisotopic (exact) mass is 224 g/mol. The fraction of sp³-hybridized carbons (Fsp3) is 0.500. The Kier molecular flexibility index (Phi) is 3.41. The van der Waals surface area contributed by atoms with Crippen molar-refractivity contribution in [3.05, 3.63) is 29.6 Å². The van der Waals surface area contributed by atoms with Gasteiger partial charge in [0.15, 0.2) is 0 Å². The molecule has 1 aromatic rings. The highest BCUT2D eigenvalue weighted by atomic mass is 19.1. The van der Waals surface area contributed by atoms with Crippen molar-refractivity contribution in [3.8, 4) is 5.75 Å². The van der Waals surface area contributed by atoms with Gasteiger partial charge in [-0.3, -0.25) is 0 Å². The maximum absolute atomic E-state index is 13.3. The Hall–Kier alpha value is -1.13. The number of hydrogen-bond acceptors (Lipinski definition) is 3. The van der Waals surface area contributed by atoms with E-state index in [9.17, 15) is 4.39 Å².